The fraction of sp³-hybridized carbons (Fsp3) is 0.250. The van der Waals surface area contributed by atoms with E-state index in [1.54, 1.807) is 37.8 Å². The molecule has 0 aliphatic carbocycles. The lowest BCUT2D eigenvalue weighted by Crippen LogP contribution is -2.26. The van der Waals surface area contributed by atoms with Crippen molar-refractivity contribution in [3.8, 4) is 0 Å². The van der Waals surface area contributed by atoms with Gasteiger partial charge in [-0.25, -0.2) is 9.97 Å². The molecule has 0 aliphatic rings. The van der Waals surface area contributed by atoms with Gasteiger partial charge in [0.2, 0.25) is 0 Å². The van der Waals surface area contributed by atoms with Crippen molar-refractivity contribution < 1.29 is 4.79 Å². The molecule has 2 heterocycles. The van der Waals surface area contributed by atoms with Gasteiger partial charge in [-0.1, -0.05) is 0 Å². The third kappa shape index (κ3) is 3.07. The highest BCUT2D eigenvalue weighted by Gasteiger charge is 2.05. The lowest BCUT2D eigenvalue weighted by atomic mass is 10.2. The molecule has 0 spiro atoms. The second kappa shape index (κ2) is 5.81. The Morgan fingerprint density at radius 1 is 1.39 bits per heavy atom. The summed E-state index contributed by atoms with van der Waals surface area (Å²) in [5.41, 5.74) is 0.549. The highest BCUT2D eigenvalue weighted by atomic mass is 16.1. The molecular formula is C12H15N5O. The molecule has 0 fully saturated rings. The van der Waals surface area contributed by atoms with Crippen LogP contribution < -0.4 is 10.6 Å². The summed E-state index contributed by atoms with van der Waals surface area (Å²) >= 11 is 0. The van der Waals surface area contributed by atoms with E-state index in [-0.39, 0.29) is 5.91 Å². The second-order valence-electron chi connectivity index (χ2n) is 3.72. The molecule has 6 heteroatoms. The van der Waals surface area contributed by atoms with Gasteiger partial charge in [-0.15, -0.1) is 0 Å². The maximum atomic E-state index is 11.8. The van der Waals surface area contributed by atoms with Crippen molar-refractivity contribution in [1.82, 2.24) is 20.3 Å². The quantitative estimate of drug-likeness (QED) is 0.728. The van der Waals surface area contributed by atoms with E-state index in [4.69, 9.17) is 0 Å². The summed E-state index contributed by atoms with van der Waals surface area (Å²) in [5, 5.41) is 5.71. The molecule has 0 aromatic carbocycles. The zero-order valence-corrected chi connectivity index (χ0v) is 10.1. The SMILES string of the molecule is CNc1ccc(C(=O)NCCc2ncc[nH]2)cn1. The molecule has 6 nitrogen and oxygen atoms in total. The van der Waals surface area contributed by atoms with Crippen LogP contribution in [0.5, 0.6) is 0 Å². The summed E-state index contributed by atoms with van der Waals surface area (Å²) in [7, 11) is 1.78. The average Bonchev–Trinajstić information content (AvgIpc) is 2.92. The maximum Gasteiger partial charge on any atom is 0.252 e. The number of hydrogen-bond donors (Lipinski definition) is 3. The predicted molar refractivity (Wildman–Crippen MR) is 68.4 cm³/mol. The van der Waals surface area contributed by atoms with Gasteiger partial charge in [-0.3, -0.25) is 4.79 Å². The van der Waals surface area contributed by atoms with Crippen LogP contribution in [-0.2, 0) is 6.42 Å². The number of aromatic nitrogens is 3. The van der Waals surface area contributed by atoms with E-state index >= 15 is 0 Å². The number of anilines is 1. The van der Waals surface area contributed by atoms with Crippen molar-refractivity contribution in [2.45, 2.75) is 6.42 Å². The lowest BCUT2D eigenvalue weighted by molar-refractivity contribution is 0.0953. The summed E-state index contributed by atoms with van der Waals surface area (Å²) in [6, 6.07) is 3.50. The summed E-state index contributed by atoms with van der Waals surface area (Å²) < 4.78 is 0. The summed E-state index contributed by atoms with van der Waals surface area (Å²) in [6.45, 7) is 0.542. The monoisotopic (exact) mass is 245 g/mol. The first kappa shape index (κ1) is 12.1. The number of nitrogens with one attached hydrogen (secondary N) is 3. The molecule has 18 heavy (non-hydrogen) atoms. The van der Waals surface area contributed by atoms with E-state index in [1.807, 2.05) is 0 Å². The summed E-state index contributed by atoms with van der Waals surface area (Å²) in [6.07, 6.45) is 5.68. The lowest BCUT2D eigenvalue weighted by Gasteiger charge is -2.04. The molecule has 0 radical (unpaired) electrons. The Bertz CT molecular complexity index is 492. The second-order valence-corrected chi connectivity index (χ2v) is 3.72. The van der Waals surface area contributed by atoms with Crippen LogP contribution in [0.1, 0.15) is 16.2 Å². The number of nitrogens with zero attached hydrogens (tertiary/aromatic N) is 2. The number of pyridine rings is 1. The maximum absolute atomic E-state index is 11.8. The van der Waals surface area contributed by atoms with Crippen molar-refractivity contribution in [3.63, 3.8) is 0 Å². The van der Waals surface area contributed by atoms with Crippen LogP contribution >= 0.6 is 0 Å². The molecule has 0 aliphatic heterocycles. The minimum atomic E-state index is -0.128. The van der Waals surface area contributed by atoms with E-state index in [1.165, 1.54) is 0 Å². The average molecular weight is 245 g/mol. The Kier molecular flexibility index (Phi) is 3.90. The van der Waals surface area contributed by atoms with E-state index < -0.39 is 0 Å². The number of aromatic amines is 1. The van der Waals surface area contributed by atoms with Gasteiger partial charge in [0.05, 0.1) is 5.56 Å². The predicted octanol–water partition coefficient (Wildman–Crippen LogP) is 0.819. The molecule has 1 amide bonds. The van der Waals surface area contributed by atoms with Crippen LogP contribution in [0.2, 0.25) is 0 Å². The summed E-state index contributed by atoms with van der Waals surface area (Å²) in [4.78, 5) is 22.9. The van der Waals surface area contributed by atoms with Crippen LogP contribution in [0.4, 0.5) is 5.82 Å². The number of hydrogen-bond acceptors (Lipinski definition) is 4. The molecule has 3 N–H and O–H groups in total. The number of carbonyl (C=O) groups excluding carboxylic acids is 1. The summed E-state index contributed by atoms with van der Waals surface area (Å²) in [5.74, 6) is 1.47. The fourth-order valence-electron chi connectivity index (χ4n) is 1.51. The molecule has 2 rings (SSSR count). The van der Waals surface area contributed by atoms with E-state index in [2.05, 4.69) is 25.6 Å². The van der Waals surface area contributed by atoms with Crippen molar-refractivity contribution in [3.05, 3.63) is 42.1 Å². The van der Waals surface area contributed by atoms with Crippen LogP contribution in [0.25, 0.3) is 0 Å². The van der Waals surface area contributed by atoms with Gasteiger partial charge in [0, 0.05) is 38.6 Å². The molecule has 0 saturated heterocycles. The van der Waals surface area contributed by atoms with Gasteiger partial charge in [-0.2, -0.15) is 0 Å². The molecule has 94 valence electrons. The number of H-pyrrole nitrogens is 1. The van der Waals surface area contributed by atoms with Crippen molar-refractivity contribution in [2.24, 2.45) is 0 Å². The number of amides is 1. The topological polar surface area (TPSA) is 82.7 Å². The van der Waals surface area contributed by atoms with Crippen molar-refractivity contribution >= 4 is 11.7 Å². The van der Waals surface area contributed by atoms with Gasteiger partial charge in [0.1, 0.15) is 11.6 Å². The van der Waals surface area contributed by atoms with Crippen molar-refractivity contribution in [2.75, 3.05) is 18.9 Å². The molecule has 0 unspecified atom stereocenters. The molecule has 2 aromatic heterocycles. The van der Waals surface area contributed by atoms with E-state index in [9.17, 15) is 4.79 Å². The van der Waals surface area contributed by atoms with Gasteiger partial charge >= 0.3 is 0 Å². The zero-order chi connectivity index (χ0) is 12.8. The van der Waals surface area contributed by atoms with Gasteiger partial charge < -0.3 is 15.6 Å². The minimum Gasteiger partial charge on any atom is -0.373 e. The first-order chi connectivity index (χ1) is 8.79. The van der Waals surface area contributed by atoms with Crippen LogP contribution in [0.15, 0.2) is 30.7 Å². The molecular weight excluding hydrogens is 230 g/mol. The standard InChI is InChI=1S/C12H15N5O/c1-13-10-3-2-9(8-17-10)12(18)16-5-4-11-14-6-7-15-11/h2-3,6-8H,4-5H2,1H3,(H,13,17)(H,14,15)(H,16,18). The Labute approximate surface area is 105 Å². The minimum absolute atomic E-state index is 0.128. The van der Waals surface area contributed by atoms with Crippen LogP contribution in [0.3, 0.4) is 0 Å². The third-order valence-electron chi connectivity index (χ3n) is 2.48. The third-order valence-corrected chi connectivity index (χ3v) is 2.48. The number of imidazole rings is 1. The Morgan fingerprint density at radius 3 is 2.89 bits per heavy atom. The van der Waals surface area contributed by atoms with E-state index in [0.29, 0.717) is 18.5 Å². The number of rotatable bonds is 5. The highest BCUT2D eigenvalue weighted by molar-refractivity contribution is 5.94. The Hall–Kier alpha value is -2.37. The Balaban J connectivity index is 1.83. The Morgan fingerprint density at radius 2 is 2.28 bits per heavy atom. The van der Waals surface area contributed by atoms with Crippen LogP contribution in [-0.4, -0.2) is 34.5 Å². The number of carbonyl (C=O) groups is 1. The van der Waals surface area contributed by atoms with Crippen molar-refractivity contribution in [1.29, 1.82) is 0 Å². The van der Waals surface area contributed by atoms with Gasteiger partial charge in [0.15, 0.2) is 0 Å². The normalized spacial score (nSPS) is 10.1. The first-order valence-electron chi connectivity index (χ1n) is 5.70. The van der Waals surface area contributed by atoms with Crippen LogP contribution in [0, 0.1) is 0 Å². The van der Waals surface area contributed by atoms with E-state index in [0.717, 1.165) is 11.6 Å². The molecule has 2 aromatic rings. The van der Waals surface area contributed by atoms with Gasteiger partial charge in [0.25, 0.3) is 5.91 Å². The largest absolute Gasteiger partial charge is 0.373 e. The molecule has 0 bridgehead atoms. The molecule has 0 saturated carbocycles. The zero-order valence-electron chi connectivity index (χ0n) is 10.1. The first-order valence-corrected chi connectivity index (χ1v) is 5.70. The van der Waals surface area contributed by atoms with Gasteiger partial charge in [-0.05, 0) is 12.1 Å². The smallest absolute Gasteiger partial charge is 0.252 e. The highest BCUT2D eigenvalue weighted by Crippen LogP contribution is 2.03. The fourth-order valence-corrected chi connectivity index (χ4v) is 1.51. The molecule has 0 atom stereocenters.